The largest absolute Gasteiger partial charge is 0.374 e. The van der Waals surface area contributed by atoms with Gasteiger partial charge in [-0.25, -0.2) is 0 Å². The summed E-state index contributed by atoms with van der Waals surface area (Å²) in [4.78, 5) is 11.5. The lowest BCUT2D eigenvalue weighted by Gasteiger charge is -2.24. The lowest BCUT2D eigenvalue weighted by Crippen LogP contribution is -2.31. The second-order valence-electron chi connectivity index (χ2n) is 4.25. The Kier molecular flexibility index (Phi) is 1.74. The van der Waals surface area contributed by atoms with Gasteiger partial charge in [0, 0.05) is 0 Å². The van der Waals surface area contributed by atoms with E-state index in [2.05, 4.69) is 6.92 Å². The highest BCUT2D eigenvalue weighted by Gasteiger charge is 2.56. The van der Waals surface area contributed by atoms with E-state index in [0.717, 1.165) is 19.3 Å². The molecule has 0 N–H and O–H groups in total. The molecule has 1 saturated carbocycles. The number of carbonyl (C=O) groups excluding carboxylic acids is 1. The average molecular weight is 189 g/mol. The number of ketones is 1. The topological polar surface area (TPSA) is 26.3 Å². The monoisotopic (exact) mass is 188 g/mol. The van der Waals surface area contributed by atoms with Crippen molar-refractivity contribution in [2.45, 2.75) is 31.8 Å². The van der Waals surface area contributed by atoms with Gasteiger partial charge in [-0.2, -0.15) is 0 Å². The Hall–Kier alpha value is -0.0800. The van der Waals surface area contributed by atoms with E-state index in [-0.39, 0.29) is 22.7 Å². The normalized spacial score (nSPS) is 45.2. The summed E-state index contributed by atoms with van der Waals surface area (Å²) in [7, 11) is 0. The number of hydrogen-bond donors (Lipinski definition) is 0. The predicted molar refractivity (Wildman–Crippen MR) is 46.4 cm³/mol. The van der Waals surface area contributed by atoms with E-state index in [4.69, 9.17) is 16.3 Å². The zero-order chi connectivity index (χ0) is 8.82. The minimum absolute atomic E-state index is 0.0261. The standard InChI is InChI=1S/C9H13ClO2/c1-8-2-3-9(5-8,6-12-8)7(11)4-10/h2-6H2,1H3. The van der Waals surface area contributed by atoms with Crippen LogP contribution in [0.25, 0.3) is 0 Å². The first-order chi connectivity index (χ1) is 5.60. The zero-order valence-electron chi connectivity index (χ0n) is 7.23. The number of ether oxygens (including phenoxy) is 1. The lowest BCUT2D eigenvalue weighted by molar-refractivity contribution is -0.127. The van der Waals surface area contributed by atoms with Crippen molar-refractivity contribution < 1.29 is 9.53 Å². The average Bonchev–Trinajstić information content (AvgIpc) is 2.57. The van der Waals surface area contributed by atoms with Crippen LogP contribution < -0.4 is 0 Å². The van der Waals surface area contributed by atoms with Crippen molar-refractivity contribution in [3.63, 3.8) is 0 Å². The molecule has 2 nitrogen and oxygen atoms in total. The molecule has 0 aromatic heterocycles. The van der Waals surface area contributed by atoms with Crippen LogP contribution >= 0.6 is 11.6 Å². The third kappa shape index (κ3) is 1.01. The van der Waals surface area contributed by atoms with Gasteiger partial charge in [0.2, 0.25) is 0 Å². The van der Waals surface area contributed by atoms with Crippen LogP contribution in [0.2, 0.25) is 0 Å². The summed E-state index contributed by atoms with van der Waals surface area (Å²) < 4.78 is 5.59. The van der Waals surface area contributed by atoms with Crippen molar-refractivity contribution in [1.29, 1.82) is 0 Å². The molecule has 2 atom stereocenters. The van der Waals surface area contributed by atoms with E-state index in [1.807, 2.05) is 0 Å². The third-order valence-corrected chi connectivity index (χ3v) is 3.50. The smallest absolute Gasteiger partial charge is 0.156 e. The molecular formula is C9H13ClO2. The summed E-state index contributed by atoms with van der Waals surface area (Å²) in [5.41, 5.74) is -0.238. The summed E-state index contributed by atoms with van der Waals surface area (Å²) in [6, 6.07) is 0. The minimum Gasteiger partial charge on any atom is -0.374 e. The van der Waals surface area contributed by atoms with E-state index in [0.29, 0.717) is 6.61 Å². The molecule has 1 heterocycles. The van der Waals surface area contributed by atoms with Crippen LogP contribution in [0.3, 0.4) is 0 Å². The molecule has 0 amide bonds. The molecule has 0 aromatic rings. The molecule has 2 rings (SSSR count). The molecular weight excluding hydrogens is 176 g/mol. The zero-order valence-corrected chi connectivity index (χ0v) is 7.99. The lowest BCUT2D eigenvalue weighted by atomic mass is 9.84. The van der Waals surface area contributed by atoms with E-state index in [9.17, 15) is 4.79 Å². The SMILES string of the molecule is CC12CCC(C(=O)CCl)(CO1)C2. The molecule has 1 aliphatic heterocycles. The van der Waals surface area contributed by atoms with Gasteiger partial charge in [-0.15, -0.1) is 11.6 Å². The molecule has 0 aromatic carbocycles. The van der Waals surface area contributed by atoms with E-state index < -0.39 is 0 Å². The fraction of sp³-hybridized carbons (Fsp3) is 0.889. The second-order valence-corrected chi connectivity index (χ2v) is 4.52. The summed E-state index contributed by atoms with van der Waals surface area (Å²) in [6.07, 6.45) is 2.86. The van der Waals surface area contributed by atoms with Gasteiger partial charge < -0.3 is 4.74 Å². The fourth-order valence-electron chi connectivity index (χ4n) is 2.42. The summed E-state index contributed by atoms with van der Waals surface area (Å²) in [5, 5.41) is 0. The second kappa shape index (κ2) is 2.46. The first-order valence-corrected chi connectivity index (χ1v) is 4.87. The Morgan fingerprint density at radius 1 is 1.58 bits per heavy atom. The van der Waals surface area contributed by atoms with Crippen molar-refractivity contribution in [3.8, 4) is 0 Å². The van der Waals surface area contributed by atoms with Crippen LogP contribution in [-0.2, 0) is 9.53 Å². The van der Waals surface area contributed by atoms with Crippen LogP contribution in [0, 0.1) is 5.41 Å². The molecule has 0 spiro atoms. The van der Waals surface area contributed by atoms with Crippen LogP contribution in [0.4, 0.5) is 0 Å². The fourth-order valence-corrected chi connectivity index (χ4v) is 2.70. The van der Waals surface area contributed by atoms with Crippen LogP contribution in [-0.4, -0.2) is 23.9 Å². The first kappa shape index (κ1) is 8.52. The van der Waals surface area contributed by atoms with E-state index in [1.165, 1.54) is 0 Å². The van der Waals surface area contributed by atoms with Crippen molar-refractivity contribution in [2.24, 2.45) is 5.41 Å². The van der Waals surface area contributed by atoms with Crippen molar-refractivity contribution in [1.82, 2.24) is 0 Å². The number of halogens is 1. The Balaban J connectivity index is 2.20. The molecule has 68 valence electrons. The quantitative estimate of drug-likeness (QED) is 0.618. The summed E-state index contributed by atoms with van der Waals surface area (Å²) in [6.45, 7) is 2.68. The van der Waals surface area contributed by atoms with E-state index in [1.54, 1.807) is 0 Å². The van der Waals surface area contributed by atoms with Crippen molar-refractivity contribution in [2.75, 3.05) is 12.5 Å². The van der Waals surface area contributed by atoms with Gasteiger partial charge in [0.05, 0.1) is 23.5 Å². The highest BCUT2D eigenvalue weighted by Crippen LogP contribution is 2.53. The van der Waals surface area contributed by atoms with Gasteiger partial charge >= 0.3 is 0 Å². The van der Waals surface area contributed by atoms with Crippen molar-refractivity contribution >= 4 is 17.4 Å². The predicted octanol–water partition coefficient (Wildman–Crippen LogP) is 1.75. The molecule has 1 saturated heterocycles. The van der Waals surface area contributed by atoms with Crippen LogP contribution in [0.15, 0.2) is 0 Å². The van der Waals surface area contributed by atoms with Gasteiger partial charge in [0.25, 0.3) is 0 Å². The third-order valence-electron chi connectivity index (χ3n) is 3.25. The van der Waals surface area contributed by atoms with E-state index >= 15 is 0 Å². The molecule has 1 aliphatic carbocycles. The van der Waals surface area contributed by atoms with Crippen LogP contribution in [0.1, 0.15) is 26.2 Å². The number of rotatable bonds is 2. The summed E-state index contributed by atoms with van der Waals surface area (Å²) >= 11 is 5.56. The van der Waals surface area contributed by atoms with Gasteiger partial charge in [-0.1, -0.05) is 0 Å². The number of Topliss-reactive ketones (excluding diaryl/α,β-unsaturated/α-hetero) is 1. The maximum Gasteiger partial charge on any atom is 0.156 e. The minimum atomic E-state index is -0.212. The molecule has 2 aliphatic rings. The maximum atomic E-state index is 11.5. The maximum absolute atomic E-state index is 11.5. The number of alkyl halides is 1. The van der Waals surface area contributed by atoms with Gasteiger partial charge in [-0.05, 0) is 26.2 Å². The van der Waals surface area contributed by atoms with Gasteiger partial charge in [-0.3, -0.25) is 4.79 Å². The Morgan fingerprint density at radius 3 is 2.67 bits per heavy atom. The van der Waals surface area contributed by atoms with Gasteiger partial charge in [0.15, 0.2) is 5.78 Å². The number of carbonyl (C=O) groups is 1. The Labute approximate surface area is 77.2 Å². The summed E-state index contributed by atoms with van der Waals surface area (Å²) in [5.74, 6) is 0.310. The number of hydrogen-bond acceptors (Lipinski definition) is 2. The molecule has 2 unspecified atom stereocenters. The van der Waals surface area contributed by atoms with Gasteiger partial charge in [0.1, 0.15) is 0 Å². The Bertz CT molecular complexity index is 217. The highest BCUT2D eigenvalue weighted by atomic mass is 35.5. The molecule has 12 heavy (non-hydrogen) atoms. The molecule has 0 radical (unpaired) electrons. The molecule has 3 heteroatoms. The highest BCUT2D eigenvalue weighted by molar-refractivity contribution is 6.28. The van der Waals surface area contributed by atoms with Crippen molar-refractivity contribution in [3.05, 3.63) is 0 Å². The molecule has 2 fully saturated rings. The molecule has 2 bridgehead atoms. The first-order valence-electron chi connectivity index (χ1n) is 4.34. The Morgan fingerprint density at radius 2 is 2.33 bits per heavy atom. The van der Waals surface area contributed by atoms with Crippen LogP contribution in [0.5, 0.6) is 0 Å². The number of fused-ring (bicyclic) bond motifs is 2.